The van der Waals surface area contributed by atoms with Crippen molar-refractivity contribution in [1.82, 2.24) is 10.2 Å². The van der Waals surface area contributed by atoms with Crippen LogP contribution in [0.25, 0.3) is 0 Å². The first kappa shape index (κ1) is 12.5. The molecular weight excluding hydrogens is 190 g/mol. The third-order valence-electron chi connectivity index (χ3n) is 3.16. The van der Waals surface area contributed by atoms with E-state index in [0.29, 0.717) is 5.92 Å². The Hall–Kier alpha value is -0.610. The van der Waals surface area contributed by atoms with Crippen LogP contribution in [0, 0.1) is 11.8 Å². The summed E-state index contributed by atoms with van der Waals surface area (Å²) in [7, 11) is 1.87. The number of amides is 1. The summed E-state index contributed by atoms with van der Waals surface area (Å²) < 4.78 is 0. The molecule has 1 fully saturated rings. The number of hydrogen-bond acceptors (Lipinski definition) is 3. The Morgan fingerprint density at radius 3 is 2.53 bits per heavy atom. The van der Waals surface area contributed by atoms with Gasteiger partial charge in [0.1, 0.15) is 0 Å². The zero-order valence-electron chi connectivity index (χ0n) is 9.99. The zero-order chi connectivity index (χ0) is 11.4. The van der Waals surface area contributed by atoms with Gasteiger partial charge in [-0.1, -0.05) is 13.8 Å². The van der Waals surface area contributed by atoms with Crippen molar-refractivity contribution < 1.29 is 4.79 Å². The van der Waals surface area contributed by atoms with Gasteiger partial charge in [-0.05, 0) is 12.3 Å². The topological polar surface area (TPSA) is 58.4 Å². The highest BCUT2D eigenvalue weighted by atomic mass is 16.2. The van der Waals surface area contributed by atoms with Gasteiger partial charge in [0.25, 0.3) is 0 Å². The second-order valence-electron chi connectivity index (χ2n) is 4.81. The first-order valence-corrected chi connectivity index (χ1v) is 5.73. The largest absolute Gasteiger partial charge is 0.345 e. The fourth-order valence-corrected chi connectivity index (χ4v) is 1.56. The monoisotopic (exact) mass is 213 g/mol. The molecule has 88 valence electrons. The molecule has 1 unspecified atom stereocenters. The van der Waals surface area contributed by atoms with Crippen molar-refractivity contribution in [2.24, 2.45) is 17.6 Å². The van der Waals surface area contributed by atoms with E-state index in [1.807, 2.05) is 11.9 Å². The fraction of sp³-hybridized carbons (Fsp3) is 0.909. The Labute approximate surface area is 92.2 Å². The first-order valence-electron chi connectivity index (χ1n) is 5.73. The SMILES string of the molecule is CC(C)C(N)CCN(C)C(=O)C1CNC1. The first-order chi connectivity index (χ1) is 7.02. The van der Waals surface area contributed by atoms with Gasteiger partial charge in [-0.15, -0.1) is 0 Å². The molecule has 0 aromatic heterocycles. The number of carbonyl (C=O) groups excluding carboxylic acids is 1. The Bertz CT molecular complexity index is 214. The molecule has 0 saturated carbocycles. The van der Waals surface area contributed by atoms with Crippen LogP contribution < -0.4 is 11.1 Å². The summed E-state index contributed by atoms with van der Waals surface area (Å²) in [6.07, 6.45) is 0.889. The van der Waals surface area contributed by atoms with Crippen molar-refractivity contribution in [2.45, 2.75) is 26.3 Å². The van der Waals surface area contributed by atoms with Crippen molar-refractivity contribution in [3.8, 4) is 0 Å². The van der Waals surface area contributed by atoms with Gasteiger partial charge in [-0.25, -0.2) is 0 Å². The Morgan fingerprint density at radius 2 is 2.13 bits per heavy atom. The minimum atomic E-state index is 0.194. The third-order valence-corrected chi connectivity index (χ3v) is 3.16. The molecule has 4 heteroatoms. The summed E-state index contributed by atoms with van der Waals surface area (Å²) in [5.74, 6) is 0.939. The normalized spacial score (nSPS) is 18.7. The molecule has 1 rings (SSSR count). The van der Waals surface area contributed by atoms with Gasteiger partial charge < -0.3 is 16.0 Å². The molecule has 0 aromatic carbocycles. The van der Waals surface area contributed by atoms with E-state index in [-0.39, 0.29) is 17.9 Å². The number of nitrogens with zero attached hydrogens (tertiary/aromatic N) is 1. The third kappa shape index (κ3) is 3.47. The molecule has 1 aliphatic rings. The van der Waals surface area contributed by atoms with Gasteiger partial charge in [0.15, 0.2) is 0 Å². The highest BCUT2D eigenvalue weighted by molar-refractivity contribution is 5.79. The van der Waals surface area contributed by atoms with Crippen LogP contribution in [0.3, 0.4) is 0 Å². The molecule has 1 aliphatic heterocycles. The lowest BCUT2D eigenvalue weighted by atomic mass is 10.00. The average molecular weight is 213 g/mol. The summed E-state index contributed by atoms with van der Waals surface area (Å²) >= 11 is 0. The van der Waals surface area contributed by atoms with Crippen LogP contribution in [-0.2, 0) is 4.79 Å². The summed E-state index contributed by atoms with van der Waals surface area (Å²) in [5, 5.41) is 3.11. The van der Waals surface area contributed by atoms with Crippen molar-refractivity contribution >= 4 is 5.91 Å². The number of rotatable bonds is 5. The Balaban J connectivity index is 2.22. The summed E-state index contributed by atoms with van der Waals surface area (Å²) in [4.78, 5) is 13.6. The van der Waals surface area contributed by atoms with Crippen LogP contribution in [0.15, 0.2) is 0 Å². The minimum absolute atomic E-state index is 0.194. The second kappa shape index (κ2) is 5.47. The van der Waals surface area contributed by atoms with Crippen LogP contribution in [0.1, 0.15) is 20.3 Å². The molecule has 0 spiro atoms. The standard InChI is InChI=1S/C11H23N3O/c1-8(2)10(12)4-5-14(3)11(15)9-6-13-7-9/h8-10,13H,4-7,12H2,1-3H3. The van der Waals surface area contributed by atoms with Crippen LogP contribution in [0.2, 0.25) is 0 Å². The van der Waals surface area contributed by atoms with E-state index in [2.05, 4.69) is 19.2 Å². The van der Waals surface area contributed by atoms with E-state index in [0.717, 1.165) is 26.1 Å². The van der Waals surface area contributed by atoms with E-state index >= 15 is 0 Å². The quantitative estimate of drug-likeness (QED) is 0.678. The molecule has 0 radical (unpaired) electrons. The molecular formula is C11H23N3O. The predicted molar refractivity (Wildman–Crippen MR) is 61.4 cm³/mol. The Morgan fingerprint density at radius 1 is 1.53 bits per heavy atom. The molecule has 4 nitrogen and oxygen atoms in total. The highest BCUT2D eigenvalue weighted by Gasteiger charge is 2.27. The number of nitrogens with one attached hydrogen (secondary N) is 1. The maximum atomic E-state index is 11.8. The molecule has 0 aliphatic carbocycles. The molecule has 1 heterocycles. The number of carbonyl (C=O) groups is 1. The van der Waals surface area contributed by atoms with E-state index in [1.165, 1.54) is 0 Å². The molecule has 1 amide bonds. The molecule has 15 heavy (non-hydrogen) atoms. The van der Waals surface area contributed by atoms with Crippen LogP contribution >= 0.6 is 0 Å². The van der Waals surface area contributed by atoms with Crippen molar-refractivity contribution in [1.29, 1.82) is 0 Å². The van der Waals surface area contributed by atoms with Crippen LogP contribution in [0.5, 0.6) is 0 Å². The van der Waals surface area contributed by atoms with Crippen molar-refractivity contribution in [3.63, 3.8) is 0 Å². The van der Waals surface area contributed by atoms with E-state index in [9.17, 15) is 4.79 Å². The lowest BCUT2D eigenvalue weighted by Crippen LogP contribution is -2.51. The maximum absolute atomic E-state index is 11.8. The lowest BCUT2D eigenvalue weighted by molar-refractivity contribution is -0.135. The lowest BCUT2D eigenvalue weighted by Gasteiger charge is -2.31. The average Bonchev–Trinajstić information content (AvgIpc) is 2.10. The highest BCUT2D eigenvalue weighted by Crippen LogP contribution is 2.09. The Kier molecular flexibility index (Phi) is 4.54. The molecule has 0 bridgehead atoms. The number of hydrogen-bond donors (Lipinski definition) is 2. The molecule has 3 N–H and O–H groups in total. The van der Waals surface area contributed by atoms with Crippen molar-refractivity contribution in [2.75, 3.05) is 26.7 Å². The van der Waals surface area contributed by atoms with Gasteiger partial charge in [0, 0.05) is 32.7 Å². The van der Waals surface area contributed by atoms with Gasteiger partial charge >= 0.3 is 0 Å². The van der Waals surface area contributed by atoms with Gasteiger partial charge in [0.05, 0.1) is 5.92 Å². The fourth-order valence-electron chi connectivity index (χ4n) is 1.56. The van der Waals surface area contributed by atoms with Gasteiger partial charge in [0.2, 0.25) is 5.91 Å². The smallest absolute Gasteiger partial charge is 0.227 e. The maximum Gasteiger partial charge on any atom is 0.227 e. The van der Waals surface area contributed by atoms with E-state index < -0.39 is 0 Å². The van der Waals surface area contributed by atoms with Gasteiger partial charge in [-0.3, -0.25) is 4.79 Å². The molecule has 1 saturated heterocycles. The minimum Gasteiger partial charge on any atom is -0.345 e. The summed E-state index contributed by atoms with van der Waals surface area (Å²) in [6, 6.07) is 0.194. The molecule has 0 aromatic rings. The zero-order valence-corrected chi connectivity index (χ0v) is 9.99. The van der Waals surface area contributed by atoms with E-state index in [4.69, 9.17) is 5.73 Å². The number of nitrogens with two attached hydrogens (primary N) is 1. The van der Waals surface area contributed by atoms with Crippen LogP contribution in [0.4, 0.5) is 0 Å². The second-order valence-corrected chi connectivity index (χ2v) is 4.81. The van der Waals surface area contributed by atoms with Gasteiger partial charge in [-0.2, -0.15) is 0 Å². The predicted octanol–water partition coefficient (Wildman–Crippen LogP) is 0.0376. The van der Waals surface area contributed by atoms with Crippen LogP contribution in [-0.4, -0.2) is 43.5 Å². The summed E-state index contributed by atoms with van der Waals surface area (Å²) in [5.41, 5.74) is 5.94. The van der Waals surface area contributed by atoms with E-state index in [1.54, 1.807) is 0 Å². The summed E-state index contributed by atoms with van der Waals surface area (Å²) in [6.45, 7) is 6.66. The molecule has 1 atom stereocenters. The van der Waals surface area contributed by atoms with Crippen molar-refractivity contribution in [3.05, 3.63) is 0 Å².